The highest BCUT2D eigenvalue weighted by Gasteiger charge is 2.16. The Bertz CT molecular complexity index is 458. The van der Waals surface area contributed by atoms with E-state index in [2.05, 4.69) is 20.6 Å². The Labute approximate surface area is 93.2 Å². The lowest BCUT2D eigenvalue weighted by molar-refractivity contribution is 0.488. The van der Waals surface area contributed by atoms with Gasteiger partial charge in [-0.15, -0.1) is 0 Å². The molecule has 0 radical (unpaired) electrons. The first-order valence-electron chi connectivity index (χ1n) is 4.99. The second-order valence-corrected chi connectivity index (χ2v) is 3.60. The molecule has 16 heavy (non-hydrogen) atoms. The standard InChI is InChI=1S/C9H15N7/c1-15-8(3-4-12-15)7(14-10)5-9-11-6-13-16(9)2/h3-4,6-7,14H,5,10H2,1-2H3. The largest absolute Gasteiger partial charge is 0.271 e. The molecule has 1 atom stereocenters. The van der Waals surface area contributed by atoms with Crippen LogP contribution >= 0.6 is 0 Å². The minimum absolute atomic E-state index is 0.0181. The summed E-state index contributed by atoms with van der Waals surface area (Å²) in [5.41, 5.74) is 3.79. The topological polar surface area (TPSA) is 86.6 Å². The minimum Gasteiger partial charge on any atom is -0.271 e. The van der Waals surface area contributed by atoms with Gasteiger partial charge in [0, 0.05) is 26.7 Å². The summed E-state index contributed by atoms with van der Waals surface area (Å²) in [5, 5.41) is 8.14. The van der Waals surface area contributed by atoms with E-state index in [0.29, 0.717) is 6.42 Å². The molecule has 0 saturated carbocycles. The zero-order valence-electron chi connectivity index (χ0n) is 9.33. The number of hydrazine groups is 1. The predicted molar refractivity (Wildman–Crippen MR) is 58.0 cm³/mol. The summed E-state index contributed by atoms with van der Waals surface area (Å²) in [6.45, 7) is 0. The van der Waals surface area contributed by atoms with Gasteiger partial charge in [0.25, 0.3) is 0 Å². The van der Waals surface area contributed by atoms with Crippen molar-refractivity contribution >= 4 is 0 Å². The second-order valence-electron chi connectivity index (χ2n) is 3.60. The third-order valence-corrected chi connectivity index (χ3v) is 2.61. The Balaban J connectivity index is 2.19. The summed E-state index contributed by atoms with van der Waals surface area (Å²) in [4.78, 5) is 4.17. The molecule has 86 valence electrons. The maximum absolute atomic E-state index is 5.55. The van der Waals surface area contributed by atoms with Gasteiger partial charge in [-0.1, -0.05) is 0 Å². The predicted octanol–water partition coefficient (Wildman–Crippen LogP) is -0.704. The van der Waals surface area contributed by atoms with E-state index >= 15 is 0 Å². The van der Waals surface area contributed by atoms with Crippen molar-refractivity contribution in [3.05, 3.63) is 30.1 Å². The Hall–Kier alpha value is -1.73. The number of hydrogen-bond acceptors (Lipinski definition) is 5. The molecule has 0 fully saturated rings. The molecule has 7 nitrogen and oxygen atoms in total. The van der Waals surface area contributed by atoms with Crippen molar-refractivity contribution in [2.45, 2.75) is 12.5 Å². The van der Waals surface area contributed by atoms with Gasteiger partial charge in [-0.3, -0.25) is 20.6 Å². The summed E-state index contributed by atoms with van der Waals surface area (Å²) in [7, 11) is 3.75. The van der Waals surface area contributed by atoms with E-state index in [1.54, 1.807) is 15.6 Å². The highest BCUT2D eigenvalue weighted by molar-refractivity contribution is 5.08. The van der Waals surface area contributed by atoms with E-state index < -0.39 is 0 Å². The number of rotatable bonds is 4. The van der Waals surface area contributed by atoms with E-state index in [-0.39, 0.29) is 6.04 Å². The van der Waals surface area contributed by atoms with E-state index in [1.807, 2.05) is 20.2 Å². The van der Waals surface area contributed by atoms with Crippen LogP contribution < -0.4 is 11.3 Å². The highest BCUT2D eigenvalue weighted by Crippen LogP contribution is 2.14. The maximum atomic E-state index is 5.55. The molecule has 2 aromatic heterocycles. The fourth-order valence-corrected chi connectivity index (χ4v) is 1.66. The fraction of sp³-hybridized carbons (Fsp3) is 0.444. The van der Waals surface area contributed by atoms with Crippen LogP contribution in [0, 0.1) is 0 Å². The maximum Gasteiger partial charge on any atom is 0.138 e. The van der Waals surface area contributed by atoms with E-state index in [1.165, 1.54) is 6.33 Å². The average Bonchev–Trinajstić information content (AvgIpc) is 2.85. The molecular weight excluding hydrogens is 206 g/mol. The van der Waals surface area contributed by atoms with Crippen LogP contribution in [0.5, 0.6) is 0 Å². The molecule has 0 aliphatic rings. The first-order valence-corrected chi connectivity index (χ1v) is 4.99. The number of nitrogens with zero attached hydrogens (tertiary/aromatic N) is 5. The minimum atomic E-state index is -0.0181. The number of aryl methyl sites for hydroxylation is 2. The molecule has 2 rings (SSSR count). The van der Waals surface area contributed by atoms with Crippen LogP contribution in [0.3, 0.4) is 0 Å². The van der Waals surface area contributed by atoms with Crippen molar-refractivity contribution in [1.29, 1.82) is 0 Å². The molecule has 0 saturated heterocycles. The van der Waals surface area contributed by atoms with Gasteiger partial charge in [0.05, 0.1) is 11.7 Å². The summed E-state index contributed by atoms with van der Waals surface area (Å²) in [6.07, 6.45) is 3.95. The van der Waals surface area contributed by atoms with Crippen molar-refractivity contribution in [3.63, 3.8) is 0 Å². The van der Waals surface area contributed by atoms with Crippen molar-refractivity contribution in [1.82, 2.24) is 30.0 Å². The SMILES string of the molecule is Cn1nccc1C(Cc1ncnn1C)NN. The van der Waals surface area contributed by atoms with E-state index in [9.17, 15) is 0 Å². The zero-order chi connectivity index (χ0) is 11.5. The summed E-state index contributed by atoms with van der Waals surface area (Å²) in [5.74, 6) is 6.43. The molecule has 2 aromatic rings. The first-order chi connectivity index (χ1) is 7.72. The molecular formula is C9H15N7. The number of aromatic nitrogens is 5. The Morgan fingerprint density at radius 1 is 1.38 bits per heavy atom. The zero-order valence-corrected chi connectivity index (χ0v) is 9.33. The Kier molecular flexibility index (Phi) is 2.97. The van der Waals surface area contributed by atoms with Gasteiger partial charge in [-0.05, 0) is 6.07 Å². The summed E-state index contributed by atoms with van der Waals surface area (Å²) >= 11 is 0. The third kappa shape index (κ3) is 1.95. The van der Waals surface area contributed by atoms with Crippen LogP contribution in [0.15, 0.2) is 18.6 Å². The lowest BCUT2D eigenvalue weighted by atomic mass is 10.1. The Morgan fingerprint density at radius 2 is 2.19 bits per heavy atom. The molecule has 1 unspecified atom stereocenters. The van der Waals surface area contributed by atoms with Crippen LogP contribution in [-0.2, 0) is 20.5 Å². The molecule has 2 heterocycles. The lowest BCUT2D eigenvalue weighted by Crippen LogP contribution is -2.31. The number of hydrogen-bond donors (Lipinski definition) is 2. The molecule has 0 bridgehead atoms. The van der Waals surface area contributed by atoms with Gasteiger partial charge >= 0.3 is 0 Å². The highest BCUT2D eigenvalue weighted by atomic mass is 15.3. The molecule has 0 aromatic carbocycles. The van der Waals surface area contributed by atoms with Crippen molar-refractivity contribution in [3.8, 4) is 0 Å². The van der Waals surface area contributed by atoms with Crippen LogP contribution in [-0.4, -0.2) is 24.5 Å². The van der Waals surface area contributed by atoms with Gasteiger partial charge in [0.2, 0.25) is 0 Å². The monoisotopic (exact) mass is 221 g/mol. The number of nitrogens with two attached hydrogens (primary N) is 1. The smallest absolute Gasteiger partial charge is 0.138 e. The van der Waals surface area contributed by atoms with Gasteiger partial charge < -0.3 is 0 Å². The third-order valence-electron chi connectivity index (χ3n) is 2.61. The van der Waals surface area contributed by atoms with Crippen LogP contribution in [0.25, 0.3) is 0 Å². The quantitative estimate of drug-likeness (QED) is 0.526. The van der Waals surface area contributed by atoms with Crippen molar-refractivity contribution in [2.75, 3.05) is 0 Å². The average molecular weight is 221 g/mol. The Morgan fingerprint density at radius 3 is 2.69 bits per heavy atom. The van der Waals surface area contributed by atoms with Crippen molar-refractivity contribution < 1.29 is 0 Å². The van der Waals surface area contributed by atoms with Gasteiger partial charge in [-0.2, -0.15) is 10.2 Å². The van der Waals surface area contributed by atoms with Gasteiger partial charge in [0.1, 0.15) is 12.2 Å². The summed E-state index contributed by atoms with van der Waals surface area (Å²) in [6, 6.07) is 1.91. The van der Waals surface area contributed by atoms with Crippen molar-refractivity contribution in [2.24, 2.45) is 19.9 Å². The molecule has 0 aliphatic carbocycles. The summed E-state index contributed by atoms with van der Waals surface area (Å²) < 4.78 is 3.53. The first kappa shape index (κ1) is 10.8. The molecule has 0 spiro atoms. The molecule has 3 N–H and O–H groups in total. The molecule has 0 amide bonds. The van der Waals surface area contributed by atoms with Gasteiger partial charge in [0.15, 0.2) is 0 Å². The second kappa shape index (κ2) is 4.42. The van der Waals surface area contributed by atoms with Gasteiger partial charge in [-0.25, -0.2) is 4.98 Å². The van der Waals surface area contributed by atoms with Crippen LogP contribution in [0.4, 0.5) is 0 Å². The van der Waals surface area contributed by atoms with E-state index in [0.717, 1.165) is 11.5 Å². The lowest BCUT2D eigenvalue weighted by Gasteiger charge is -2.15. The normalized spacial score (nSPS) is 12.9. The molecule has 7 heteroatoms. The van der Waals surface area contributed by atoms with Crippen LogP contribution in [0.2, 0.25) is 0 Å². The molecule has 0 aliphatic heterocycles. The van der Waals surface area contributed by atoms with E-state index in [4.69, 9.17) is 5.84 Å². The van der Waals surface area contributed by atoms with Crippen LogP contribution in [0.1, 0.15) is 17.6 Å². The fourth-order valence-electron chi connectivity index (χ4n) is 1.66. The number of nitrogens with one attached hydrogen (secondary N) is 1.